The van der Waals surface area contributed by atoms with Crippen molar-refractivity contribution >= 4 is 15.9 Å². The Bertz CT molecular complexity index is 312. The molecule has 0 saturated carbocycles. The topological polar surface area (TPSA) is 46.2 Å². The van der Waals surface area contributed by atoms with Gasteiger partial charge in [-0.1, -0.05) is 22.0 Å². The number of hydrogen-bond acceptors (Lipinski definition) is 2. The summed E-state index contributed by atoms with van der Waals surface area (Å²) in [6.07, 6.45) is -0.549. The fourth-order valence-electron chi connectivity index (χ4n) is 1.29. The summed E-state index contributed by atoms with van der Waals surface area (Å²) in [6.45, 7) is 4.23. The molecule has 3 N–H and O–H groups in total. The normalized spacial score (nSPS) is 13.0. The second kappa shape index (κ2) is 4.22. The first-order chi connectivity index (χ1) is 6.06. The molecule has 0 aliphatic carbocycles. The number of aliphatic hydroxyl groups is 1. The van der Waals surface area contributed by atoms with Crippen molar-refractivity contribution in [2.24, 2.45) is 5.73 Å². The molecule has 0 spiro atoms. The average Bonchev–Trinajstić information content (AvgIpc) is 2.10. The van der Waals surface area contributed by atoms with Gasteiger partial charge in [0.15, 0.2) is 0 Å². The lowest BCUT2D eigenvalue weighted by molar-refractivity contribution is 0.186. The van der Waals surface area contributed by atoms with Crippen molar-refractivity contribution in [3.05, 3.63) is 33.3 Å². The lowest BCUT2D eigenvalue weighted by Gasteiger charge is -2.13. The Hall–Kier alpha value is -0.380. The van der Waals surface area contributed by atoms with Gasteiger partial charge in [-0.2, -0.15) is 0 Å². The van der Waals surface area contributed by atoms with E-state index in [0.717, 1.165) is 21.2 Å². The Morgan fingerprint density at radius 1 is 1.38 bits per heavy atom. The largest absolute Gasteiger partial charge is 0.387 e. The van der Waals surface area contributed by atoms with Crippen molar-refractivity contribution in [2.75, 3.05) is 6.54 Å². The van der Waals surface area contributed by atoms with Crippen molar-refractivity contribution in [3.8, 4) is 0 Å². The third-order valence-corrected chi connectivity index (χ3v) is 2.98. The number of nitrogens with two attached hydrogens (primary N) is 1. The minimum Gasteiger partial charge on any atom is -0.387 e. The van der Waals surface area contributed by atoms with Crippen molar-refractivity contribution in [1.82, 2.24) is 0 Å². The molecule has 3 heteroatoms. The molecular weight excluding hydrogens is 230 g/mol. The molecule has 72 valence electrons. The van der Waals surface area contributed by atoms with E-state index in [1.165, 1.54) is 0 Å². The predicted molar refractivity (Wildman–Crippen MR) is 57.6 cm³/mol. The van der Waals surface area contributed by atoms with Gasteiger partial charge >= 0.3 is 0 Å². The van der Waals surface area contributed by atoms with Gasteiger partial charge in [-0.15, -0.1) is 0 Å². The number of rotatable bonds is 2. The van der Waals surface area contributed by atoms with Crippen LogP contribution in [0.2, 0.25) is 0 Å². The smallest absolute Gasteiger partial charge is 0.0914 e. The predicted octanol–water partition coefficient (Wildman–Crippen LogP) is 2.06. The zero-order valence-corrected chi connectivity index (χ0v) is 9.43. The van der Waals surface area contributed by atoms with Crippen LogP contribution in [-0.2, 0) is 0 Å². The molecule has 0 heterocycles. The second-order valence-corrected chi connectivity index (χ2v) is 4.06. The van der Waals surface area contributed by atoms with Gasteiger partial charge in [0, 0.05) is 11.0 Å². The number of hydrogen-bond donors (Lipinski definition) is 2. The molecule has 0 fully saturated rings. The quantitative estimate of drug-likeness (QED) is 0.836. The molecule has 2 nitrogen and oxygen atoms in total. The van der Waals surface area contributed by atoms with Crippen molar-refractivity contribution in [1.29, 1.82) is 0 Å². The van der Waals surface area contributed by atoms with Crippen LogP contribution in [0.1, 0.15) is 22.8 Å². The lowest BCUT2D eigenvalue weighted by Crippen LogP contribution is -2.12. The van der Waals surface area contributed by atoms with Gasteiger partial charge in [-0.25, -0.2) is 0 Å². The molecule has 1 rings (SSSR count). The molecular formula is C10H14BrNO. The summed E-state index contributed by atoms with van der Waals surface area (Å²) in [4.78, 5) is 0. The van der Waals surface area contributed by atoms with Gasteiger partial charge in [0.2, 0.25) is 0 Å². The van der Waals surface area contributed by atoms with E-state index in [-0.39, 0.29) is 6.54 Å². The summed E-state index contributed by atoms with van der Waals surface area (Å²) in [7, 11) is 0. The van der Waals surface area contributed by atoms with Crippen LogP contribution in [0.3, 0.4) is 0 Å². The summed E-state index contributed by atoms with van der Waals surface area (Å²) >= 11 is 3.44. The number of halogens is 1. The zero-order chi connectivity index (χ0) is 10.0. The number of benzene rings is 1. The van der Waals surface area contributed by atoms with E-state index in [1.54, 1.807) is 0 Å². The summed E-state index contributed by atoms with van der Waals surface area (Å²) < 4.78 is 1.07. The highest BCUT2D eigenvalue weighted by atomic mass is 79.9. The van der Waals surface area contributed by atoms with Gasteiger partial charge in [-0.05, 0) is 36.6 Å². The Labute approximate surface area is 86.9 Å². The minimum absolute atomic E-state index is 0.266. The van der Waals surface area contributed by atoms with E-state index in [9.17, 15) is 5.11 Å². The highest BCUT2D eigenvalue weighted by molar-refractivity contribution is 9.10. The molecule has 1 unspecified atom stereocenters. The standard InChI is InChI=1S/C10H14BrNO/c1-6-4-9(11)7(2)3-8(6)10(13)5-12/h3-4,10,13H,5,12H2,1-2H3. The van der Waals surface area contributed by atoms with Crippen LogP contribution < -0.4 is 5.73 Å². The molecule has 1 atom stereocenters. The maximum atomic E-state index is 9.59. The van der Waals surface area contributed by atoms with Crippen LogP contribution in [0.15, 0.2) is 16.6 Å². The Morgan fingerprint density at radius 3 is 2.54 bits per heavy atom. The van der Waals surface area contributed by atoms with Gasteiger partial charge < -0.3 is 10.8 Å². The molecule has 0 amide bonds. The Balaban J connectivity index is 3.15. The Kier molecular flexibility index (Phi) is 3.47. The van der Waals surface area contributed by atoms with Crippen LogP contribution in [0.5, 0.6) is 0 Å². The second-order valence-electron chi connectivity index (χ2n) is 3.21. The van der Waals surface area contributed by atoms with Crippen molar-refractivity contribution in [2.45, 2.75) is 20.0 Å². The minimum atomic E-state index is -0.549. The van der Waals surface area contributed by atoms with Crippen LogP contribution >= 0.6 is 15.9 Å². The summed E-state index contributed by atoms with van der Waals surface area (Å²) in [6, 6.07) is 3.97. The average molecular weight is 244 g/mol. The first-order valence-corrected chi connectivity index (χ1v) is 5.00. The first kappa shape index (κ1) is 10.7. The van der Waals surface area contributed by atoms with Gasteiger partial charge in [-0.3, -0.25) is 0 Å². The van der Waals surface area contributed by atoms with E-state index in [0.29, 0.717) is 0 Å². The molecule has 1 aromatic rings. The van der Waals surface area contributed by atoms with Crippen LogP contribution in [0.4, 0.5) is 0 Å². The van der Waals surface area contributed by atoms with Crippen molar-refractivity contribution < 1.29 is 5.11 Å². The fraction of sp³-hybridized carbons (Fsp3) is 0.400. The summed E-state index contributed by atoms with van der Waals surface area (Å²) in [5, 5.41) is 9.59. The summed E-state index contributed by atoms with van der Waals surface area (Å²) in [5.74, 6) is 0. The molecule has 0 aliphatic rings. The van der Waals surface area contributed by atoms with E-state index in [1.807, 2.05) is 26.0 Å². The van der Waals surface area contributed by atoms with Crippen LogP contribution in [0.25, 0.3) is 0 Å². The highest BCUT2D eigenvalue weighted by Crippen LogP contribution is 2.24. The lowest BCUT2D eigenvalue weighted by atomic mass is 10.0. The number of aryl methyl sites for hydroxylation is 2. The molecule has 0 saturated heterocycles. The SMILES string of the molecule is Cc1cc(C(O)CN)c(C)cc1Br. The van der Waals surface area contributed by atoms with Gasteiger partial charge in [0.05, 0.1) is 6.10 Å². The molecule has 13 heavy (non-hydrogen) atoms. The van der Waals surface area contributed by atoms with E-state index >= 15 is 0 Å². The molecule has 0 aromatic heterocycles. The van der Waals surface area contributed by atoms with E-state index in [2.05, 4.69) is 15.9 Å². The highest BCUT2D eigenvalue weighted by Gasteiger charge is 2.09. The van der Waals surface area contributed by atoms with Gasteiger partial charge in [0.1, 0.15) is 0 Å². The number of aliphatic hydroxyl groups excluding tert-OH is 1. The monoisotopic (exact) mass is 243 g/mol. The molecule has 1 aromatic carbocycles. The van der Waals surface area contributed by atoms with E-state index in [4.69, 9.17) is 5.73 Å². The van der Waals surface area contributed by atoms with E-state index < -0.39 is 6.10 Å². The maximum absolute atomic E-state index is 9.59. The van der Waals surface area contributed by atoms with Crippen molar-refractivity contribution in [3.63, 3.8) is 0 Å². The molecule has 0 bridgehead atoms. The third-order valence-electron chi connectivity index (χ3n) is 2.13. The molecule has 0 radical (unpaired) electrons. The van der Waals surface area contributed by atoms with Crippen LogP contribution in [-0.4, -0.2) is 11.7 Å². The van der Waals surface area contributed by atoms with Gasteiger partial charge in [0.25, 0.3) is 0 Å². The Morgan fingerprint density at radius 2 is 2.00 bits per heavy atom. The zero-order valence-electron chi connectivity index (χ0n) is 7.84. The van der Waals surface area contributed by atoms with Crippen LogP contribution in [0, 0.1) is 13.8 Å². The first-order valence-electron chi connectivity index (χ1n) is 4.21. The maximum Gasteiger partial charge on any atom is 0.0914 e. The molecule has 0 aliphatic heterocycles. The fourth-order valence-corrected chi connectivity index (χ4v) is 1.75. The third kappa shape index (κ3) is 2.30. The summed E-state index contributed by atoms with van der Waals surface area (Å²) in [5.41, 5.74) is 8.50.